The normalized spacial score (nSPS) is 26.7. The Balaban J connectivity index is 0.895. The minimum absolute atomic E-state index is 0.388. The summed E-state index contributed by atoms with van der Waals surface area (Å²) in [5, 5.41) is 0.463. The fraction of sp³-hybridized carbons (Fsp3) is 0.192. The summed E-state index contributed by atoms with van der Waals surface area (Å²) < 4.78 is 0. The van der Waals surface area contributed by atoms with Crippen molar-refractivity contribution in [2.24, 2.45) is 5.92 Å². The fourth-order valence-corrected chi connectivity index (χ4v) is 12.3. The lowest BCUT2D eigenvalue weighted by molar-refractivity contribution is 0.663. The minimum Gasteiger partial charge on any atom is -0.117 e. The third kappa shape index (κ3) is 4.63. The van der Waals surface area contributed by atoms with Crippen LogP contribution in [-0.2, 0) is 6.42 Å². The van der Waals surface area contributed by atoms with Crippen molar-refractivity contribution in [1.82, 2.24) is 0 Å². The highest BCUT2D eigenvalue weighted by Crippen LogP contribution is 2.58. The molecule has 1 heterocycles. The average molecular weight is 697 g/mol. The molecule has 7 aliphatic carbocycles. The molecule has 5 unspecified atom stereocenters. The molecule has 12 rings (SSSR count). The van der Waals surface area contributed by atoms with Gasteiger partial charge in [0.05, 0.1) is 0 Å². The van der Waals surface area contributed by atoms with Crippen LogP contribution >= 0.6 is 11.8 Å². The van der Waals surface area contributed by atoms with E-state index in [-0.39, 0.29) is 0 Å². The zero-order valence-corrected chi connectivity index (χ0v) is 30.6. The van der Waals surface area contributed by atoms with Gasteiger partial charge < -0.3 is 0 Å². The second kappa shape index (κ2) is 11.7. The minimum atomic E-state index is 0.388. The van der Waals surface area contributed by atoms with E-state index in [1.54, 1.807) is 22.3 Å². The van der Waals surface area contributed by atoms with E-state index in [0.29, 0.717) is 28.9 Å². The van der Waals surface area contributed by atoms with E-state index >= 15 is 0 Å². The number of rotatable bonds is 3. The first kappa shape index (κ1) is 30.4. The summed E-state index contributed by atoms with van der Waals surface area (Å²) in [6.45, 7) is 0. The van der Waals surface area contributed by atoms with Gasteiger partial charge in [0, 0.05) is 33.8 Å². The van der Waals surface area contributed by atoms with Gasteiger partial charge in [-0.25, -0.2) is 0 Å². The van der Waals surface area contributed by atoms with E-state index in [9.17, 15) is 0 Å². The molecular formula is C52H40S. The van der Waals surface area contributed by atoms with Gasteiger partial charge in [-0.3, -0.25) is 0 Å². The summed E-state index contributed by atoms with van der Waals surface area (Å²) in [6.07, 6.45) is 29.7. The molecule has 0 nitrogen and oxygen atoms in total. The molecule has 1 saturated carbocycles. The SMILES string of the molecule is C1=CC(C2=CC=CC3c4ccccc4SC23)=C2CC2C(c2ccc3c(c2)-c2ccccc2CC3C2=CC=C3C4=C(C=CCC4)c4ccccc4C3C2)=C1. The van der Waals surface area contributed by atoms with Gasteiger partial charge in [0.2, 0.25) is 0 Å². The van der Waals surface area contributed by atoms with E-state index in [0.717, 1.165) is 32.1 Å². The summed E-state index contributed by atoms with van der Waals surface area (Å²) in [4.78, 5) is 1.44. The molecule has 1 fully saturated rings. The van der Waals surface area contributed by atoms with Crippen LogP contribution < -0.4 is 0 Å². The Morgan fingerprint density at radius 1 is 0.566 bits per heavy atom. The molecule has 254 valence electrons. The summed E-state index contributed by atoms with van der Waals surface area (Å²) in [7, 11) is 0. The van der Waals surface area contributed by atoms with Gasteiger partial charge in [-0.15, -0.1) is 11.8 Å². The second-order valence-electron chi connectivity index (χ2n) is 16.0. The van der Waals surface area contributed by atoms with E-state index in [4.69, 9.17) is 0 Å². The van der Waals surface area contributed by atoms with Gasteiger partial charge >= 0.3 is 0 Å². The highest BCUT2D eigenvalue weighted by Gasteiger charge is 2.42. The summed E-state index contributed by atoms with van der Waals surface area (Å²) in [5.74, 6) is 1.79. The van der Waals surface area contributed by atoms with Crippen LogP contribution in [0.15, 0.2) is 190 Å². The van der Waals surface area contributed by atoms with E-state index in [1.807, 2.05) is 0 Å². The van der Waals surface area contributed by atoms with E-state index < -0.39 is 0 Å². The zero-order chi connectivity index (χ0) is 34.6. The molecule has 0 spiro atoms. The third-order valence-electron chi connectivity index (χ3n) is 13.4. The molecule has 0 radical (unpaired) electrons. The van der Waals surface area contributed by atoms with Crippen molar-refractivity contribution in [3.05, 3.63) is 219 Å². The molecule has 8 aliphatic rings. The Hall–Kier alpha value is -5.11. The van der Waals surface area contributed by atoms with Crippen molar-refractivity contribution < 1.29 is 0 Å². The van der Waals surface area contributed by atoms with Gasteiger partial charge in [0.25, 0.3) is 0 Å². The molecule has 0 N–H and O–H groups in total. The third-order valence-corrected chi connectivity index (χ3v) is 14.8. The number of hydrogen-bond donors (Lipinski definition) is 0. The first-order valence-electron chi connectivity index (χ1n) is 19.7. The van der Waals surface area contributed by atoms with Crippen LogP contribution in [0, 0.1) is 5.92 Å². The maximum Gasteiger partial charge on any atom is 0.0454 e. The molecule has 0 saturated heterocycles. The van der Waals surface area contributed by atoms with Crippen molar-refractivity contribution in [2.45, 2.75) is 60.0 Å². The van der Waals surface area contributed by atoms with Crippen LogP contribution in [0.5, 0.6) is 0 Å². The first-order chi connectivity index (χ1) is 26.3. The number of allylic oxidation sites excluding steroid dienone is 17. The Labute approximate surface area is 317 Å². The molecule has 4 aromatic carbocycles. The van der Waals surface area contributed by atoms with Crippen LogP contribution in [0.3, 0.4) is 0 Å². The molecule has 0 aromatic heterocycles. The highest BCUT2D eigenvalue weighted by atomic mass is 32.2. The van der Waals surface area contributed by atoms with Crippen LogP contribution in [0.25, 0.3) is 22.3 Å². The van der Waals surface area contributed by atoms with Crippen LogP contribution in [-0.4, -0.2) is 5.25 Å². The first-order valence-corrected chi connectivity index (χ1v) is 20.5. The van der Waals surface area contributed by atoms with Gasteiger partial charge in [0.1, 0.15) is 0 Å². The Morgan fingerprint density at radius 2 is 1.40 bits per heavy atom. The molecule has 1 aliphatic heterocycles. The number of fused-ring (bicyclic) bond motifs is 12. The van der Waals surface area contributed by atoms with Crippen molar-refractivity contribution >= 4 is 22.9 Å². The van der Waals surface area contributed by atoms with Crippen LogP contribution in [0.4, 0.5) is 0 Å². The predicted molar refractivity (Wildman–Crippen MR) is 222 cm³/mol. The summed E-state index contributed by atoms with van der Waals surface area (Å²) in [5.41, 5.74) is 23.9. The topological polar surface area (TPSA) is 0 Å². The predicted octanol–water partition coefficient (Wildman–Crippen LogP) is 13.2. The maximum atomic E-state index is 2.55. The largest absolute Gasteiger partial charge is 0.117 e. The van der Waals surface area contributed by atoms with Crippen molar-refractivity contribution in [3.8, 4) is 11.1 Å². The molecule has 0 amide bonds. The molecule has 5 atom stereocenters. The second-order valence-corrected chi connectivity index (χ2v) is 17.2. The number of hydrogen-bond acceptors (Lipinski definition) is 1. The molecule has 53 heavy (non-hydrogen) atoms. The molecular weight excluding hydrogens is 657 g/mol. The smallest absolute Gasteiger partial charge is 0.0454 e. The Kier molecular flexibility index (Phi) is 6.70. The summed E-state index contributed by atoms with van der Waals surface area (Å²) >= 11 is 2.06. The zero-order valence-electron chi connectivity index (χ0n) is 29.8. The van der Waals surface area contributed by atoms with E-state index in [1.165, 1.54) is 71.7 Å². The molecule has 4 aromatic rings. The Bertz CT molecular complexity index is 2590. The van der Waals surface area contributed by atoms with Crippen LogP contribution in [0.1, 0.15) is 76.8 Å². The average Bonchev–Trinajstić information content (AvgIpc) is 3.94. The van der Waals surface area contributed by atoms with Gasteiger partial charge in [-0.2, -0.15) is 0 Å². The Morgan fingerprint density at radius 3 is 2.36 bits per heavy atom. The summed E-state index contributed by atoms with van der Waals surface area (Å²) in [6, 6.07) is 34.9. The maximum absolute atomic E-state index is 2.55. The number of benzene rings is 4. The van der Waals surface area contributed by atoms with Crippen LogP contribution in [0.2, 0.25) is 0 Å². The lowest BCUT2D eigenvalue weighted by atomic mass is 9.65. The lowest BCUT2D eigenvalue weighted by Gasteiger charge is -2.38. The van der Waals surface area contributed by atoms with Crippen molar-refractivity contribution in [2.75, 3.05) is 0 Å². The fourth-order valence-electron chi connectivity index (χ4n) is 10.9. The lowest BCUT2D eigenvalue weighted by Crippen LogP contribution is -2.21. The highest BCUT2D eigenvalue weighted by molar-refractivity contribution is 8.00. The van der Waals surface area contributed by atoms with Gasteiger partial charge in [-0.1, -0.05) is 151 Å². The van der Waals surface area contributed by atoms with Gasteiger partial charge in [-0.05, 0) is 122 Å². The quantitative estimate of drug-likeness (QED) is 0.205. The van der Waals surface area contributed by atoms with Gasteiger partial charge in [0.15, 0.2) is 0 Å². The monoisotopic (exact) mass is 696 g/mol. The van der Waals surface area contributed by atoms with E-state index in [2.05, 4.69) is 164 Å². The molecule has 1 heteroatoms. The van der Waals surface area contributed by atoms with Crippen molar-refractivity contribution in [3.63, 3.8) is 0 Å². The van der Waals surface area contributed by atoms with Crippen molar-refractivity contribution in [1.29, 1.82) is 0 Å². The standard InChI is InChI=1S/C52H40S/c1-2-12-34-31(11-1)27-46(33-24-25-41-38-15-4-3-13-36(38)37-14-5-6-16-39(37)48(41)29-33)42-26-23-32(28-47(34)42)35-18-9-19-40(50-30-49(35)50)44-20-10-21-45-43-17-7-8-22-51(43)53-52(44)45/h1-3,5-14,16-26,28,45-46,48-49,52H,4,15,27,29-30H2. The molecule has 0 bridgehead atoms. The number of thioether (sulfide) groups is 1.